The average molecular weight is 456 g/mol. The number of likely N-dealkylation sites (tertiary alicyclic amines) is 1. The van der Waals surface area contributed by atoms with E-state index >= 15 is 0 Å². The smallest absolute Gasteiger partial charge is 0.316 e. The van der Waals surface area contributed by atoms with Crippen LogP contribution in [0.5, 0.6) is 0 Å². The Bertz CT molecular complexity index is 825. The van der Waals surface area contributed by atoms with Gasteiger partial charge in [0.1, 0.15) is 5.60 Å². The highest BCUT2D eigenvalue weighted by Crippen LogP contribution is 2.41. The van der Waals surface area contributed by atoms with Crippen LogP contribution in [0.25, 0.3) is 6.08 Å². The molecule has 0 amide bonds. The lowest BCUT2D eigenvalue weighted by atomic mass is 9.69. The zero-order valence-corrected chi connectivity index (χ0v) is 20.9. The number of piperidine rings is 1. The lowest BCUT2D eigenvalue weighted by Gasteiger charge is -2.36. The monoisotopic (exact) mass is 455 g/mol. The maximum atomic E-state index is 13.5. The third-order valence-corrected chi connectivity index (χ3v) is 6.84. The van der Waals surface area contributed by atoms with E-state index in [-0.39, 0.29) is 18.4 Å². The van der Waals surface area contributed by atoms with Crippen molar-refractivity contribution in [2.45, 2.75) is 83.2 Å². The van der Waals surface area contributed by atoms with E-state index in [0.29, 0.717) is 12.5 Å². The fourth-order valence-corrected chi connectivity index (χ4v) is 4.94. The molecule has 0 unspecified atom stereocenters. The third kappa shape index (κ3) is 7.43. The molecule has 1 aliphatic carbocycles. The van der Waals surface area contributed by atoms with Crippen molar-refractivity contribution in [1.29, 1.82) is 0 Å². The summed E-state index contributed by atoms with van der Waals surface area (Å²) in [6.07, 6.45) is 11.1. The molecule has 0 spiro atoms. The molecule has 0 aromatic heterocycles. The molecule has 0 radical (unpaired) electrons. The minimum Gasteiger partial charge on any atom is -0.465 e. The first kappa shape index (κ1) is 25.5. The summed E-state index contributed by atoms with van der Waals surface area (Å²) < 4.78 is 11.3. The molecule has 0 bridgehead atoms. The number of carbonyl (C=O) groups excluding carboxylic acids is 2. The SMILES string of the molecule is CN1CCC(COC(=O)C2(c3cccc(C=CCC(=O)OC(C)(C)C)c3)CCCCC2)CC1. The summed E-state index contributed by atoms with van der Waals surface area (Å²) in [6, 6.07) is 8.17. The van der Waals surface area contributed by atoms with Crippen LogP contribution < -0.4 is 0 Å². The van der Waals surface area contributed by atoms with Crippen LogP contribution >= 0.6 is 0 Å². The van der Waals surface area contributed by atoms with E-state index in [4.69, 9.17) is 9.47 Å². The summed E-state index contributed by atoms with van der Waals surface area (Å²) in [7, 11) is 2.15. The van der Waals surface area contributed by atoms with Crippen LogP contribution in [0.1, 0.15) is 83.3 Å². The summed E-state index contributed by atoms with van der Waals surface area (Å²) >= 11 is 0. The maximum Gasteiger partial charge on any atom is 0.316 e. The van der Waals surface area contributed by atoms with Gasteiger partial charge < -0.3 is 14.4 Å². The van der Waals surface area contributed by atoms with Crippen LogP contribution in [-0.2, 0) is 24.5 Å². The molecule has 2 aliphatic rings. The molecule has 1 saturated heterocycles. The Labute approximate surface area is 199 Å². The number of carbonyl (C=O) groups is 2. The lowest BCUT2D eigenvalue weighted by Crippen LogP contribution is -2.41. The van der Waals surface area contributed by atoms with Crippen LogP contribution in [0, 0.1) is 5.92 Å². The molecule has 2 fully saturated rings. The van der Waals surface area contributed by atoms with Gasteiger partial charge in [-0.2, -0.15) is 0 Å². The topological polar surface area (TPSA) is 55.8 Å². The highest BCUT2D eigenvalue weighted by molar-refractivity contribution is 5.84. The second kappa shape index (κ2) is 11.3. The van der Waals surface area contributed by atoms with Gasteiger partial charge in [0.25, 0.3) is 0 Å². The number of nitrogens with zero attached hydrogens (tertiary/aromatic N) is 1. The first-order valence-corrected chi connectivity index (χ1v) is 12.5. The Morgan fingerprint density at radius 3 is 2.48 bits per heavy atom. The van der Waals surface area contributed by atoms with E-state index in [0.717, 1.165) is 62.7 Å². The van der Waals surface area contributed by atoms with E-state index in [2.05, 4.69) is 24.1 Å². The third-order valence-electron chi connectivity index (χ3n) is 6.84. The standard InChI is InChI=1S/C28H41NO4/c1-27(2,3)33-25(30)13-9-11-22-10-8-12-24(20-22)28(16-6-5-7-17-28)26(31)32-21-23-14-18-29(4)19-15-23/h8-12,20,23H,5-7,13-19,21H2,1-4H3. The van der Waals surface area contributed by atoms with E-state index in [1.54, 1.807) is 0 Å². The Morgan fingerprint density at radius 1 is 1.12 bits per heavy atom. The quantitative estimate of drug-likeness (QED) is 0.507. The van der Waals surface area contributed by atoms with Gasteiger partial charge in [-0.3, -0.25) is 9.59 Å². The highest BCUT2D eigenvalue weighted by Gasteiger charge is 2.43. The molecule has 3 rings (SSSR count). The predicted octanol–water partition coefficient (Wildman–Crippen LogP) is 5.52. The van der Waals surface area contributed by atoms with Gasteiger partial charge >= 0.3 is 11.9 Å². The predicted molar refractivity (Wildman–Crippen MR) is 132 cm³/mol. The molecular formula is C28H41NO4. The van der Waals surface area contributed by atoms with E-state index in [9.17, 15) is 9.59 Å². The van der Waals surface area contributed by atoms with Crippen molar-refractivity contribution >= 4 is 18.0 Å². The fourth-order valence-electron chi connectivity index (χ4n) is 4.94. The molecule has 182 valence electrons. The summed E-state index contributed by atoms with van der Waals surface area (Å²) in [5, 5.41) is 0. The van der Waals surface area contributed by atoms with Gasteiger partial charge in [0.15, 0.2) is 0 Å². The van der Waals surface area contributed by atoms with Gasteiger partial charge in [0.2, 0.25) is 0 Å². The Hall–Kier alpha value is -2.14. The number of hydrogen-bond donors (Lipinski definition) is 0. The number of benzene rings is 1. The van der Waals surface area contributed by atoms with E-state index in [1.807, 2.05) is 45.1 Å². The van der Waals surface area contributed by atoms with Crippen LogP contribution in [0.3, 0.4) is 0 Å². The molecule has 5 heteroatoms. The largest absolute Gasteiger partial charge is 0.465 e. The van der Waals surface area contributed by atoms with Crippen molar-refractivity contribution < 1.29 is 19.1 Å². The van der Waals surface area contributed by atoms with Crippen molar-refractivity contribution in [1.82, 2.24) is 4.90 Å². The second-order valence-corrected chi connectivity index (χ2v) is 10.8. The van der Waals surface area contributed by atoms with Crippen LogP contribution in [-0.4, -0.2) is 49.2 Å². The number of rotatable bonds is 7. The van der Waals surface area contributed by atoms with Crippen molar-refractivity contribution in [3.05, 3.63) is 41.5 Å². The number of ether oxygens (including phenoxy) is 2. The van der Waals surface area contributed by atoms with Crippen molar-refractivity contribution in [2.75, 3.05) is 26.7 Å². The summed E-state index contributed by atoms with van der Waals surface area (Å²) in [4.78, 5) is 27.8. The molecule has 0 N–H and O–H groups in total. The minimum atomic E-state index is -0.557. The van der Waals surface area contributed by atoms with Gasteiger partial charge in [-0.15, -0.1) is 0 Å². The lowest BCUT2D eigenvalue weighted by molar-refractivity contribution is -0.154. The summed E-state index contributed by atoms with van der Waals surface area (Å²) in [5.41, 5.74) is 0.990. The van der Waals surface area contributed by atoms with Crippen LogP contribution in [0.15, 0.2) is 30.3 Å². The number of esters is 2. The zero-order valence-electron chi connectivity index (χ0n) is 20.9. The average Bonchev–Trinajstić information content (AvgIpc) is 2.78. The van der Waals surface area contributed by atoms with Gasteiger partial charge in [-0.1, -0.05) is 55.7 Å². The molecule has 1 heterocycles. The Balaban J connectivity index is 1.68. The molecule has 1 aliphatic heterocycles. The fraction of sp³-hybridized carbons (Fsp3) is 0.643. The van der Waals surface area contributed by atoms with Gasteiger partial charge in [0.05, 0.1) is 18.4 Å². The van der Waals surface area contributed by atoms with Gasteiger partial charge in [-0.05, 0) is 83.6 Å². The molecule has 0 atom stereocenters. The molecule has 1 aromatic rings. The van der Waals surface area contributed by atoms with Crippen LogP contribution in [0.2, 0.25) is 0 Å². The van der Waals surface area contributed by atoms with E-state index in [1.165, 1.54) is 6.42 Å². The van der Waals surface area contributed by atoms with Gasteiger partial charge in [-0.25, -0.2) is 0 Å². The van der Waals surface area contributed by atoms with Crippen molar-refractivity contribution in [3.63, 3.8) is 0 Å². The van der Waals surface area contributed by atoms with E-state index < -0.39 is 11.0 Å². The second-order valence-electron chi connectivity index (χ2n) is 10.8. The summed E-state index contributed by atoms with van der Waals surface area (Å²) in [6.45, 7) is 8.29. The highest BCUT2D eigenvalue weighted by atomic mass is 16.6. The minimum absolute atomic E-state index is 0.0592. The Morgan fingerprint density at radius 2 is 1.82 bits per heavy atom. The molecular weight excluding hydrogens is 414 g/mol. The maximum absolute atomic E-state index is 13.5. The molecule has 1 saturated carbocycles. The zero-order chi connectivity index (χ0) is 23.9. The first-order valence-electron chi connectivity index (χ1n) is 12.5. The normalized spacial score (nSPS) is 20.0. The van der Waals surface area contributed by atoms with Crippen LogP contribution in [0.4, 0.5) is 0 Å². The van der Waals surface area contributed by atoms with Gasteiger partial charge in [0, 0.05) is 0 Å². The molecule has 1 aromatic carbocycles. The Kier molecular flexibility index (Phi) is 8.75. The number of hydrogen-bond acceptors (Lipinski definition) is 5. The van der Waals surface area contributed by atoms with Crippen molar-refractivity contribution in [2.24, 2.45) is 5.92 Å². The summed E-state index contributed by atoms with van der Waals surface area (Å²) in [5.74, 6) is 0.167. The molecule has 5 nitrogen and oxygen atoms in total. The molecule has 33 heavy (non-hydrogen) atoms. The van der Waals surface area contributed by atoms with Crippen molar-refractivity contribution in [3.8, 4) is 0 Å². The first-order chi connectivity index (χ1) is 15.7.